The minimum absolute atomic E-state index is 0.141. The zero-order valence-corrected chi connectivity index (χ0v) is 10.6. The van der Waals surface area contributed by atoms with Gasteiger partial charge >= 0.3 is 0 Å². The maximum Gasteiger partial charge on any atom is 0.136 e. The first-order valence-corrected chi connectivity index (χ1v) is 6.31. The van der Waals surface area contributed by atoms with Gasteiger partial charge in [0.05, 0.1) is 0 Å². The lowest BCUT2D eigenvalue weighted by Crippen LogP contribution is -2.27. The van der Waals surface area contributed by atoms with E-state index in [2.05, 4.69) is 11.9 Å². The highest BCUT2D eigenvalue weighted by molar-refractivity contribution is 7.99. The van der Waals surface area contributed by atoms with Crippen molar-refractivity contribution in [1.29, 1.82) is 0 Å². The second-order valence-corrected chi connectivity index (χ2v) is 4.95. The molecule has 0 heterocycles. The van der Waals surface area contributed by atoms with Crippen LogP contribution in [0.25, 0.3) is 0 Å². The van der Waals surface area contributed by atoms with E-state index in [1.807, 2.05) is 26.1 Å². The van der Waals surface area contributed by atoms with E-state index in [0.29, 0.717) is 10.9 Å². The lowest BCUT2D eigenvalue weighted by molar-refractivity contribution is 0.597. The summed E-state index contributed by atoms with van der Waals surface area (Å²) in [6.07, 6.45) is 0.929. The smallest absolute Gasteiger partial charge is 0.136 e. The van der Waals surface area contributed by atoms with Crippen LogP contribution < -0.4 is 5.32 Å². The van der Waals surface area contributed by atoms with Crippen LogP contribution in [0.3, 0.4) is 0 Å². The topological polar surface area (TPSA) is 12.0 Å². The van der Waals surface area contributed by atoms with Crippen molar-refractivity contribution in [2.24, 2.45) is 0 Å². The van der Waals surface area contributed by atoms with Crippen molar-refractivity contribution in [3.05, 3.63) is 42.2 Å². The van der Waals surface area contributed by atoms with Crippen molar-refractivity contribution in [2.75, 3.05) is 12.8 Å². The fourth-order valence-electron chi connectivity index (χ4n) is 1.42. The van der Waals surface area contributed by atoms with Crippen LogP contribution in [0.5, 0.6) is 0 Å². The zero-order chi connectivity index (χ0) is 12.0. The first kappa shape index (κ1) is 13.3. The quantitative estimate of drug-likeness (QED) is 0.602. The Morgan fingerprint density at radius 3 is 2.75 bits per heavy atom. The molecule has 1 N–H and O–H groups in total. The lowest BCUT2D eigenvalue weighted by Gasteiger charge is -2.15. The molecule has 1 rings (SSSR count). The predicted octanol–water partition coefficient (Wildman–Crippen LogP) is 3.47. The molecular weight excluding hydrogens is 221 g/mol. The van der Waals surface area contributed by atoms with Crippen LogP contribution in [-0.4, -0.2) is 18.8 Å². The van der Waals surface area contributed by atoms with Gasteiger partial charge in [-0.25, -0.2) is 4.39 Å². The molecule has 3 heteroatoms. The Kier molecular flexibility index (Phi) is 5.56. The maximum atomic E-state index is 13.3. The van der Waals surface area contributed by atoms with Gasteiger partial charge in [0.1, 0.15) is 5.82 Å². The molecule has 0 aliphatic carbocycles. The molecule has 88 valence electrons. The molecule has 0 amide bonds. The molecule has 0 aliphatic rings. The van der Waals surface area contributed by atoms with Crippen LogP contribution in [0, 0.1) is 5.82 Å². The average Bonchev–Trinajstić information content (AvgIpc) is 2.25. The minimum Gasteiger partial charge on any atom is -0.316 e. The Balaban J connectivity index is 2.49. The Bertz CT molecular complexity index is 352. The molecule has 16 heavy (non-hydrogen) atoms. The van der Waals surface area contributed by atoms with Gasteiger partial charge in [-0.3, -0.25) is 0 Å². The Morgan fingerprint density at radius 2 is 2.19 bits per heavy atom. The number of halogens is 1. The molecule has 0 saturated heterocycles. The summed E-state index contributed by atoms with van der Waals surface area (Å²) >= 11 is 1.54. The largest absolute Gasteiger partial charge is 0.316 e. The number of rotatable bonds is 6. The SMILES string of the molecule is C=C(C)CC(CSc1ccccc1F)NC. The van der Waals surface area contributed by atoms with Crippen molar-refractivity contribution in [1.82, 2.24) is 5.32 Å². The molecular formula is C13H18FNS. The van der Waals surface area contributed by atoms with Gasteiger partial charge in [-0.05, 0) is 32.5 Å². The number of hydrogen-bond donors (Lipinski definition) is 1. The third kappa shape index (κ3) is 4.37. The molecule has 0 aliphatic heterocycles. The molecule has 0 fully saturated rings. The molecule has 0 spiro atoms. The third-order valence-electron chi connectivity index (χ3n) is 2.28. The normalized spacial score (nSPS) is 12.4. The number of thioether (sulfide) groups is 1. The standard InChI is InChI=1S/C13H18FNS/c1-10(2)8-11(15-3)9-16-13-7-5-4-6-12(13)14/h4-7,11,15H,1,8-9H2,2-3H3. The fourth-order valence-corrected chi connectivity index (χ4v) is 2.46. The highest BCUT2D eigenvalue weighted by Gasteiger charge is 2.08. The lowest BCUT2D eigenvalue weighted by atomic mass is 10.1. The van der Waals surface area contributed by atoms with Crippen LogP contribution >= 0.6 is 11.8 Å². The molecule has 1 nitrogen and oxygen atoms in total. The van der Waals surface area contributed by atoms with Gasteiger partial charge in [0, 0.05) is 16.7 Å². The summed E-state index contributed by atoms with van der Waals surface area (Å²) in [7, 11) is 1.93. The van der Waals surface area contributed by atoms with Crippen molar-refractivity contribution in [2.45, 2.75) is 24.3 Å². The van der Waals surface area contributed by atoms with Crippen molar-refractivity contribution >= 4 is 11.8 Å². The fraction of sp³-hybridized carbons (Fsp3) is 0.385. The van der Waals surface area contributed by atoms with Crippen LogP contribution in [0.15, 0.2) is 41.3 Å². The molecule has 0 radical (unpaired) electrons. The highest BCUT2D eigenvalue weighted by Crippen LogP contribution is 2.22. The van der Waals surface area contributed by atoms with E-state index in [9.17, 15) is 4.39 Å². The number of hydrogen-bond acceptors (Lipinski definition) is 2. The summed E-state index contributed by atoms with van der Waals surface area (Å²) in [5.41, 5.74) is 1.15. The third-order valence-corrected chi connectivity index (χ3v) is 3.49. The van der Waals surface area contributed by atoms with Gasteiger partial charge in [0.15, 0.2) is 0 Å². The Hall–Kier alpha value is -0.800. The second-order valence-electron chi connectivity index (χ2n) is 3.89. The zero-order valence-electron chi connectivity index (χ0n) is 9.79. The van der Waals surface area contributed by atoms with Crippen LogP contribution in [-0.2, 0) is 0 Å². The number of benzene rings is 1. The molecule has 1 aromatic rings. The Labute approximate surface area is 101 Å². The van der Waals surface area contributed by atoms with E-state index < -0.39 is 0 Å². The van der Waals surface area contributed by atoms with Crippen molar-refractivity contribution in [3.8, 4) is 0 Å². The maximum absolute atomic E-state index is 13.3. The molecule has 1 atom stereocenters. The van der Waals surface area contributed by atoms with Crippen molar-refractivity contribution in [3.63, 3.8) is 0 Å². The van der Waals surface area contributed by atoms with E-state index in [4.69, 9.17) is 0 Å². The first-order chi connectivity index (χ1) is 7.63. The van der Waals surface area contributed by atoms with Gasteiger partial charge < -0.3 is 5.32 Å². The Morgan fingerprint density at radius 1 is 1.50 bits per heavy atom. The minimum atomic E-state index is -0.141. The van der Waals surface area contributed by atoms with E-state index in [-0.39, 0.29) is 5.82 Å². The molecule has 1 aromatic carbocycles. The monoisotopic (exact) mass is 239 g/mol. The van der Waals surface area contributed by atoms with E-state index in [1.54, 1.807) is 17.8 Å². The molecule has 0 aromatic heterocycles. The van der Waals surface area contributed by atoms with Gasteiger partial charge in [-0.1, -0.05) is 17.7 Å². The molecule has 1 unspecified atom stereocenters. The van der Waals surface area contributed by atoms with E-state index >= 15 is 0 Å². The summed E-state index contributed by atoms with van der Waals surface area (Å²) in [6.45, 7) is 5.90. The van der Waals surface area contributed by atoms with Gasteiger partial charge in [0.2, 0.25) is 0 Å². The summed E-state index contributed by atoms with van der Waals surface area (Å²) in [5.74, 6) is 0.710. The highest BCUT2D eigenvalue weighted by atomic mass is 32.2. The second kappa shape index (κ2) is 6.71. The number of nitrogens with one attached hydrogen (secondary N) is 1. The van der Waals surface area contributed by atoms with Crippen LogP contribution in [0.4, 0.5) is 4.39 Å². The molecule has 0 saturated carbocycles. The van der Waals surface area contributed by atoms with Gasteiger partial charge in [0.25, 0.3) is 0 Å². The summed E-state index contributed by atoms with van der Waals surface area (Å²) < 4.78 is 13.3. The molecule has 0 bridgehead atoms. The summed E-state index contributed by atoms with van der Waals surface area (Å²) in [6, 6.07) is 7.23. The first-order valence-electron chi connectivity index (χ1n) is 5.32. The van der Waals surface area contributed by atoms with Crippen LogP contribution in [0.2, 0.25) is 0 Å². The van der Waals surface area contributed by atoms with Crippen LogP contribution in [0.1, 0.15) is 13.3 Å². The van der Waals surface area contributed by atoms with E-state index in [1.165, 1.54) is 6.07 Å². The average molecular weight is 239 g/mol. The predicted molar refractivity (Wildman–Crippen MR) is 69.4 cm³/mol. The summed E-state index contributed by atoms with van der Waals surface area (Å²) in [4.78, 5) is 0.712. The van der Waals surface area contributed by atoms with E-state index in [0.717, 1.165) is 17.7 Å². The van der Waals surface area contributed by atoms with Crippen molar-refractivity contribution < 1.29 is 4.39 Å². The van der Waals surface area contributed by atoms with Gasteiger partial charge in [-0.15, -0.1) is 18.3 Å². The van der Waals surface area contributed by atoms with Gasteiger partial charge in [-0.2, -0.15) is 0 Å². The summed E-state index contributed by atoms with van der Waals surface area (Å²) in [5, 5.41) is 3.22.